The zero-order valence-electron chi connectivity index (χ0n) is 7.21. The predicted octanol–water partition coefficient (Wildman–Crippen LogP) is 1.54. The molecule has 0 amide bonds. The minimum Gasteiger partial charge on any atom is -0.396 e. The van der Waals surface area contributed by atoms with E-state index in [4.69, 9.17) is 5.11 Å². The van der Waals surface area contributed by atoms with Crippen LogP contribution >= 0.6 is 0 Å². The molecule has 0 aliphatic rings. The molecule has 0 radical (unpaired) electrons. The quantitative estimate of drug-likeness (QED) is 0.613. The molecular formula is C9H16O2. The molecule has 64 valence electrons. The van der Waals surface area contributed by atoms with Crippen LogP contribution in [0.4, 0.5) is 0 Å². The Morgan fingerprint density at radius 1 is 1.64 bits per heavy atom. The Morgan fingerprint density at radius 2 is 2.27 bits per heavy atom. The summed E-state index contributed by atoms with van der Waals surface area (Å²) in [5, 5.41) is 8.61. The van der Waals surface area contributed by atoms with E-state index in [1.807, 2.05) is 19.1 Å². The summed E-state index contributed by atoms with van der Waals surface area (Å²) in [7, 11) is 0. The van der Waals surface area contributed by atoms with Crippen LogP contribution in [0.3, 0.4) is 0 Å². The van der Waals surface area contributed by atoms with Gasteiger partial charge in [-0.1, -0.05) is 12.2 Å². The molecule has 1 atom stereocenters. The fraction of sp³-hybridized carbons (Fsp3) is 0.667. The van der Waals surface area contributed by atoms with Crippen molar-refractivity contribution in [3.05, 3.63) is 12.2 Å². The largest absolute Gasteiger partial charge is 0.396 e. The molecule has 11 heavy (non-hydrogen) atoms. The first-order valence-electron chi connectivity index (χ1n) is 3.94. The van der Waals surface area contributed by atoms with Crippen LogP contribution in [-0.2, 0) is 4.79 Å². The number of carbonyl (C=O) groups is 1. The molecular weight excluding hydrogens is 140 g/mol. The number of carbonyl (C=O) groups excluding carboxylic acids is 1. The van der Waals surface area contributed by atoms with E-state index in [0.29, 0.717) is 6.42 Å². The van der Waals surface area contributed by atoms with Gasteiger partial charge >= 0.3 is 0 Å². The summed E-state index contributed by atoms with van der Waals surface area (Å²) in [4.78, 5) is 10.9. The molecule has 0 aliphatic heterocycles. The fourth-order valence-corrected chi connectivity index (χ4v) is 0.943. The minimum atomic E-state index is 0.0104. The lowest BCUT2D eigenvalue weighted by Crippen LogP contribution is -2.11. The van der Waals surface area contributed by atoms with E-state index in [9.17, 15) is 4.79 Å². The molecule has 2 heteroatoms. The molecule has 0 spiro atoms. The van der Waals surface area contributed by atoms with Gasteiger partial charge in [0.15, 0.2) is 0 Å². The topological polar surface area (TPSA) is 37.3 Å². The van der Waals surface area contributed by atoms with Crippen LogP contribution < -0.4 is 0 Å². The van der Waals surface area contributed by atoms with E-state index < -0.39 is 0 Å². The molecule has 0 saturated heterocycles. The van der Waals surface area contributed by atoms with Gasteiger partial charge in [-0.05, 0) is 26.7 Å². The first kappa shape index (κ1) is 10.4. The van der Waals surface area contributed by atoms with Crippen molar-refractivity contribution in [2.75, 3.05) is 6.61 Å². The molecule has 0 saturated carbocycles. The second kappa shape index (κ2) is 6.10. The van der Waals surface area contributed by atoms with E-state index in [1.165, 1.54) is 0 Å². The number of Topliss-reactive ketones (excluding diaryl/α,β-unsaturated/α-hetero) is 1. The Balaban J connectivity index is 3.79. The maximum Gasteiger partial charge on any atom is 0.133 e. The summed E-state index contributed by atoms with van der Waals surface area (Å²) in [6, 6.07) is 0. The van der Waals surface area contributed by atoms with Crippen molar-refractivity contribution in [3.8, 4) is 0 Å². The van der Waals surface area contributed by atoms with Crippen molar-refractivity contribution in [2.45, 2.75) is 26.7 Å². The Kier molecular flexibility index (Phi) is 5.75. The molecule has 2 nitrogen and oxygen atoms in total. The van der Waals surface area contributed by atoms with E-state index >= 15 is 0 Å². The molecule has 0 aromatic carbocycles. The van der Waals surface area contributed by atoms with Gasteiger partial charge in [0.1, 0.15) is 5.78 Å². The van der Waals surface area contributed by atoms with Gasteiger partial charge in [-0.15, -0.1) is 0 Å². The number of aliphatic hydroxyl groups excluding tert-OH is 1. The summed E-state index contributed by atoms with van der Waals surface area (Å²) >= 11 is 0. The van der Waals surface area contributed by atoms with Gasteiger partial charge in [0, 0.05) is 12.5 Å². The average Bonchev–Trinajstić information content (AvgIpc) is 1.97. The molecule has 0 aromatic rings. The lowest BCUT2D eigenvalue weighted by Gasteiger charge is -2.07. The third-order valence-corrected chi connectivity index (χ3v) is 1.71. The molecule has 0 aliphatic carbocycles. The van der Waals surface area contributed by atoms with Crippen LogP contribution in [0, 0.1) is 5.92 Å². The SMILES string of the molecule is C/C=C/CC(CCO)C(C)=O. The molecule has 0 bridgehead atoms. The average molecular weight is 156 g/mol. The summed E-state index contributed by atoms with van der Waals surface area (Å²) < 4.78 is 0. The number of hydrogen-bond donors (Lipinski definition) is 1. The Labute approximate surface area is 67.9 Å². The van der Waals surface area contributed by atoms with Crippen LogP contribution in [0.25, 0.3) is 0 Å². The number of hydrogen-bond acceptors (Lipinski definition) is 2. The third-order valence-electron chi connectivity index (χ3n) is 1.71. The molecule has 0 aromatic heterocycles. The standard InChI is InChI=1S/C9H16O2/c1-3-4-5-9(6-7-10)8(2)11/h3-4,9-10H,5-7H2,1-2H3/b4-3+. The van der Waals surface area contributed by atoms with Crippen molar-refractivity contribution in [1.29, 1.82) is 0 Å². The second-order valence-corrected chi connectivity index (χ2v) is 2.62. The molecule has 0 fully saturated rings. The van der Waals surface area contributed by atoms with Crippen molar-refractivity contribution in [1.82, 2.24) is 0 Å². The highest BCUT2D eigenvalue weighted by molar-refractivity contribution is 5.78. The molecule has 1 unspecified atom stereocenters. The highest BCUT2D eigenvalue weighted by Crippen LogP contribution is 2.09. The Morgan fingerprint density at radius 3 is 2.64 bits per heavy atom. The van der Waals surface area contributed by atoms with Gasteiger partial charge in [0.2, 0.25) is 0 Å². The van der Waals surface area contributed by atoms with Crippen LogP contribution in [0.1, 0.15) is 26.7 Å². The van der Waals surface area contributed by atoms with Crippen molar-refractivity contribution in [2.24, 2.45) is 5.92 Å². The maximum atomic E-state index is 10.9. The number of rotatable bonds is 5. The summed E-state index contributed by atoms with van der Waals surface area (Å²) in [6.45, 7) is 3.60. The van der Waals surface area contributed by atoms with Gasteiger partial charge in [0.05, 0.1) is 0 Å². The first-order valence-corrected chi connectivity index (χ1v) is 3.94. The van der Waals surface area contributed by atoms with Crippen LogP contribution in [-0.4, -0.2) is 17.5 Å². The van der Waals surface area contributed by atoms with E-state index in [-0.39, 0.29) is 18.3 Å². The third kappa shape index (κ3) is 4.73. The normalized spacial score (nSPS) is 13.7. The zero-order chi connectivity index (χ0) is 8.69. The lowest BCUT2D eigenvalue weighted by atomic mass is 9.98. The lowest BCUT2D eigenvalue weighted by molar-refractivity contribution is -0.121. The van der Waals surface area contributed by atoms with Crippen LogP contribution in [0.15, 0.2) is 12.2 Å². The van der Waals surface area contributed by atoms with Gasteiger partial charge < -0.3 is 5.11 Å². The van der Waals surface area contributed by atoms with Gasteiger partial charge in [-0.3, -0.25) is 4.79 Å². The van der Waals surface area contributed by atoms with E-state index in [1.54, 1.807) is 6.92 Å². The highest BCUT2D eigenvalue weighted by Gasteiger charge is 2.10. The zero-order valence-corrected chi connectivity index (χ0v) is 7.21. The maximum absolute atomic E-state index is 10.9. The number of ketones is 1. The molecule has 1 N–H and O–H groups in total. The molecule has 0 rings (SSSR count). The van der Waals surface area contributed by atoms with Crippen LogP contribution in [0.5, 0.6) is 0 Å². The summed E-state index contributed by atoms with van der Waals surface area (Å²) in [6.07, 6.45) is 5.22. The van der Waals surface area contributed by atoms with Gasteiger partial charge in [0.25, 0.3) is 0 Å². The summed E-state index contributed by atoms with van der Waals surface area (Å²) in [5.74, 6) is 0.174. The van der Waals surface area contributed by atoms with Gasteiger partial charge in [-0.2, -0.15) is 0 Å². The Hall–Kier alpha value is -0.630. The van der Waals surface area contributed by atoms with Crippen molar-refractivity contribution < 1.29 is 9.90 Å². The molecule has 0 heterocycles. The smallest absolute Gasteiger partial charge is 0.133 e. The first-order chi connectivity index (χ1) is 5.22. The monoisotopic (exact) mass is 156 g/mol. The number of aliphatic hydroxyl groups is 1. The second-order valence-electron chi connectivity index (χ2n) is 2.62. The van der Waals surface area contributed by atoms with Crippen molar-refractivity contribution in [3.63, 3.8) is 0 Å². The van der Waals surface area contributed by atoms with E-state index in [0.717, 1.165) is 6.42 Å². The summed E-state index contributed by atoms with van der Waals surface area (Å²) in [5.41, 5.74) is 0. The minimum absolute atomic E-state index is 0.0104. The van der Waals surface area contributed by atoms with Crippen LogP contribution in [0.2, 0.25) is 0 Å². The number of allylic oxidation sites excluding steroid dienone is 2. The van der Waals surface area contributed by atoms with Crippen molar-refractivity contribution >= 4 is 5.78 Å². The van der Waals surface area contributed by atoms with E-state index in [2.05, 4.69) is 0 Å². The fourth-order valence-electron chi connectivity index (χ4n) is 0.943. The Bertz CT molecular complexity index is 138. The highest BCUT2D eigenvalue weighted by atomic mass is 16.3. The predicted molar refractivity (Wildman–Crippen MR) is 45.3 cm³/mol. The van der Waals surface area contributed by atoms with Gasteiger partial charge in [-0.25, -0.2) is 0 Å².